The second-order valence-corrected chi connectivity index (χ2v) is 5.78. The summed E-state index contributed by atoms with van der Waals surface area (Å²) >= 11 is 0. The highest BCUT2D eigenvalue weighted by molar-refractivity contribution is 5.60. The number of rotatable bonds is 4. The van der Waals surface area contributed by atoms with E-state index < -0.39 is 0 Å². The fourth-order valence-corrected chi connectivity index (χ4v) is 2.42. The lowest BCUT2D eigenvalue weighted by molar-refractivity contribution is 0.334. The van der Waals surface area contributed by atoms with Gasteiger partial charge in [0, 0.05) is 18.3 Å². The molecule has 0 bridgehead atoms. The summed E-state index contributed by atoms with van der Waals surface area (Å²) in [5.74, 6) is 1.71. The van der Waals surface area contributed by atoms with E-state index in [0.717, 1.165) is 36.1 Å². The van der Waals surface area contributed by atoms with Gasteiger partial charge in [0.25, 0.3) is 0 Å². The third kappa shape index (κ3) is 2.77. The summed E-state index contributed by atoms with van der Waals surface area (Å²) in [6, 6.07) is 10.3. The molecule has 0 saturated carbocycles. The molecular weight excluding hydrogens is 246 g/mol. The summed E-state index contributed by atoms with van der Waals surface area (Å²) in [6.45, 7) is 6.57. The molecule has 3 heteroatoms. The zero-order chi connectivity index (χ0) is 13.9. The predicted molar refractivity (Wildman–Crippen MR) is 82.9 cm³/mol. The standard InChI is InChI=1S/C17H21N3/c1-13(2)8-10-20-11-9-15-16(12-20)19-17(18-15)14-6-4-3-5-7-14/h3-7,9,11,13H,8,10,12H2,1-2H3,(H,18,19). The first-order valence-electron chi connectivity index (χ1n) is 7.29. The van der Waals surface area contributed by atoms with E-state index in [4.69, 9.17) is 0 Å². The van der Waals surface area contributed by atoms with Crippen molar-refractivity contribution in [2.45, 2.75) is 26.8 Å². The predicted octanol–water partition coefficient (Wildman–Crippen LogP) is 3.91. The minimum Gasteiger partial charge on any atom is -0.371 e. The minimum absolute atomic E-state index is 0.742. The van der Waals surface area contributed by atoms with E-state index in [9.17, 15) is 0 Å². The van der Waals surface area contributed by atoms with Gasteiger partial charge in [0.05, 0.1) is 17.9 Å². The number of nitrogens with one attached hydrogen (secondary N) is 1. The van der Waals surface area contributed by atoms with Gasteiger partial charge in [-0.2, -0.15) is 0 Å². The van der Waals surface area contributed by atoms with Crippen molar-refractivity contribution in [1.29, 1.82) is 0 Å². The lowest BCUT2D eigenvalue weighted by Gasteiger charge is -2.23. The van der Waals surface area contributed by atoms with Crippen LogP contribution in [0.4, 0.5) is 0 Å². The molecular formula is C17H21N3. The molecule has 0 aliphatic carbocycles. The van der Waals surface area contributed by atoms with E-state index in [-0.39, 0.29) is 0 Å². The SMILES string of the molecule is CC(C)CCN1C=Cc2nc(-c3ccccc3)[nH]c2C1. The van der Waals surface area contributed by atoms with Gasteiger partial charge in [-0.05, 0) is 18.4 Å². The number of aromatic nitrogens is 2. The van der Waals surface area contributed by atoms with Gasteiger partial charge in [0.15, 0.2) is 0 Å². The molecule has 0 atom stereocenters. The molecule has 1 aromatic carbocycles. The Morgan fingerprint density at radius 2 is 2.05 bits per heavy atom. The molecule has 104 valence electrons. The van der Waals surface area contributed by atoms with Crippen molar-refractivity contribution in [3.8, 4) is 11.4 Å². The summed E-state index contributed by atoms with van der Waals surface area (Å²) in [5.41, 5.74) is 3.43. The average molecular weight is 267 g/mol. The molecule has 1 aliphatic rings. The third-order valence-electron chi connectivity index (χ3n) is 3.66. The van der Waals surface area contributed by atoms with Crippen molar-refractivity contribution in [1.82, 2.24) is 14.9 Å². The van der Waals surface area contributed by atoms with Gasteiger partial charge in [0.1, 0.15) is 5.82 Å². The van der Waals surface area contributed by atoms with Gasteiger partial charge in [0.2, 0.25) is 0 Å². The van der Waals surface area contributed by atoms with Crippen LogP contribution in [0.25, 0.3) is 17.5 Å². The molecule has 2 heterocycles. The molecule has 0 radical (unpaired) electrons. The van der Waals surface area contributed by atoms with Gasteiger partial charge in [-0.15, -0.1) is 0 Å². The van der Waals surface area contributed by atoms with E-state index >= 15 is 0 Å². The van der Waals surface area contributed by atoms with Crippen LogP contribution in [0.5, 0.6) is 0 Å². The molecule has 1 aromatic heterocycles. The summed E-state index contributed by atoms with van der Waals surface area (Å²) in [4.78, 5) is 10.5. The van der Waals surface area contributed by atoms with Crippen LogP contribution >= 0.6 is 0 Å². The van der Waals surface area contributed by atoms with E-state index in [0.29, 0.717) is 0 Å². The molecule has 3 rings (SSSR count). The maximum atomic E-state index is 4.68. The van der Waals surface area contributed by atoms with Crippen LogP contribution in [0.15, 0.2) is 36.5 Å². The summed E-state index contributed by atoms with van der Waals surface area (Å²) in [6.07, 6.45) is 5.50. The average Bonchev–Trinajstić information content (AvgIpc) is 2.89. The number of hydrogen-bond donors (Lipinski definition) is 1. The first kappa shape index (κ1) is 13.0. The van der Waals surface area contributed by atoms with E-state index in [1.54, 1.807) is 0 Å². The molecule has 0 saturated heterocycles. The Morgan fingerprint density at radius 3 is 2.80 bits per heavy atom. The first-order valence-corrected chi connectivity index (χ1v) is 7.29. The van der Waals surface area contributed by atoms with Crippen molar-refractivity contribution in [3.05, 3.63) is 47.9 Å². The Balaban J connectivity index is 1.76. The highest BCUT2D eigenvalue weighted by atomic mass is 15.1. The van der Waals surface area contributed by atoms with Crippen molar-refractivity contribution in [3.63, 3.8) is 0 Å². The van der Waals surface area contributed by atoms with Crippen LogP contribution in [0.3, 0.4) is 0 Å². The Hall–Kier alpha value is -2.03. The fourth-order valence-electron chi connectivity index (χ4n) is 2.42. The molecule has 1 N–H and O–H groups in total. The van der Waals surface area contributed by atoms with Crippen molar-refractivity contribution in [2.75, 3.05) is 6.54 Å². The number of imidazole rings is 1. The van der Waals surface area contributed by atoms with Gasteiger partial charge >= 0.3 is 0 Å². The summed E-state index contributed by atoms with van der Waals surface area (Å²) < 4.78 is 0. The minimum atomic E-state index is 0.742. The van der Waals surface area contributed by atoms with Crippen LogP contribution in [-0.2, 0) is 6.54 Å². The summed E-state index contributed by atoms with van der Waals surface area (Å²) in [5, 5.41) is 0. The number of H-pyrrole nitrogens is 1. The van der Waals surface area contributed by atoms with E-state index in [2.05, 4.69) is 53.1 Å². The van der Waals surface area contributed by atoms with Crippen molar-refractivity contribution in [2.24, 2.45) is 5.92 Å². The van der Waals surface area contributed by atoms with E-state index in [1.165, 1.54) is 12.1 Å². The lowest BCUT2D eigenvalue weighted by atomic mass is 10.1. The van der Waals surface area contributed by atoms with Crippen molar-refractivity contribution < 1.29 is 0 Å². The molecule has 1 aliphatic heterocycles. The van der Waals surface area contributed by atoms with Crippen LogP contribution in [-0.4, -0.2) is 21.4 Å². The Labute approximate surface area is 120 Å². The first-order chi connectivity index (χ1) is 9.72. The zero-order valence-electron chi connectivity index (χ0n) is 12.1. The van der Waals surface area contributed by atoms with Gasteiger partial charge in [-0.25, -0.2) is 4.98 Å². The number of hydrogen-bond acceptors (Lipinski definition) is 2. The topological polar surface area (TPSA) is 31.9 Å². The number of nitrogens with zero attached hydrogens (tertiary/aromatic N) is 2. The number of fused-ring (bicyclic) bond motifs is 1. The molecule has 0 spiro atoms. The van der Waals surface area contributed by atoms with Gasteiger partial charge in [-0.3, -0.25) is 0 Å². The van der Waals surface area contributed by atoms with Crippen LogP contribution < -0.4 is 0 Å². The van der Waals surface area contributed by atoms with Crippen LogP contribution in [0, 0.1) is 5.92 Å². The highest BCUT2D eigenvalue weighted by Gasteiger charge is 2.15. The Kier molecular flexibility index (Phi) is 3.59. The second kappa shape index (κ2) is 5.53. The quantitative estimate of drug-likeness (QED) is 0.910. The maximum absolute atomic E-state index is 4.68. The van der Waals surface area contributed by atoms with Gasteiger partial charge in [-0.1, -0.05) is 44.2 Å². The summed E-state index contributed by atoms with van der Waals surface area (Å²) in [7, 11) is 0. The molecule has 0 unspecified atom stereocenters. The van der Waals surface area contributed by atoms with Crippen LogP contribution in [0.2, 0.25) is 0 Å². The normalized spacial score (nSPS) is 13.8. The Bertz CT molecular complexity index is 596. The highest BCUT2D eigenvalue weighted by Crippen LogP contribution is 2.23. The molecule has 0 amide bonds. The van der Waals surface area contributed by atoms with Crippen molar-refractivity contribution >= 4 is 6.08 Å². The third-order valence-corrected chi connectivity index (χ3v) is 3.66. The van der Waals surface area contributed by atoms with E-state index in [1.807, 2.05) is 18.2 Å². The number of benzene rings is 1. The molecule has 20 heavy (non-hydrogen) atoms. The van der Waals surface area contributed by atoms with Gasteiger partial charge < -0.3 is 9.88 Å². The fraction of sp³-hybridized carbons (Fsp3) is 0.353. The monoisotopic (exact) mass is 267 g/mol. The second-order valence-electron chi connectivity index (χ2n) is 5.78. The Morgan fingerprint density at radius 1 is 1.25 bits per heavy atom. The molecule has 2 aromatic rings. The zero-order valence-corrected chi connectivity index (χ0v) is 12.1. The largest absolute Gasteiger partial charge is 0.371 e. The lowest BCUT2D eigenvalue weighted by Crippen LogP contribution is -2.22. The maximum Gasteiger partial charge on any atom is 0.138 e. The van der Waals surface area contributed by atoms with Crippen LogP contribution in [0.1, 0.15) is 31.7 Å². The smallest absolute Gasteiger partial charge is 0.138 e. The molecule has 3 nitrogen and oxygen atoms in total. The molecule has 0 fully saturated rings. The number of aromatic amines is 1.